The third-order valence-corrected chi connectivity index (χ3v) is 6.92. The molecule has 0 saturated heterocycles. The molecule has 0 aromatic carbocycles. The molecule has 36 heavy (non-hydrogen) atoms. The minimum absolute atomic E-state index is 0.0309. The predicted molar refractivity (Wildman–Crippen MR) is 128 cm³/mol. The number of allylic oxidation sites excluding steroid dienone is 2. The van der Waals surface area contributed by atoms with Crippen LogP contribution in [0.3, 0.4) is 0 Å². The van der Waals surface area contributed by atoms with Crippen molar-refractivity contribution >= 4 is 16.0 Å². The minimum atomic E-state index is -4.42. The zero-order valence-electron chi connectivity index (χ0n) is 20.2. The van der Waals surface area contributed by atoms with Gasteiger partial charge in [0.25, 0.3) is 10.0 Å². The van der Waals surface area contributed by atoms with Crippen LogP contribution in [0.15, 0.2) is 57.6 Å². The van der Waals surface area contributed by atoms with Crippen LogP contribution in [0.2, 0.25) is 0 Å². The van der Waals surface area contributed by atoms with E-state index < -0.39 is 22.8 Å². The quantitative estimate of drug-likeness (QED) is 0.448. The number of nitrogens with zero attached hydrogens (tertiary/aromatic N) is 4. The lowest BCUT2D eigenvalue weighted by Crippen LogP contribution is -2.33. The Bertz CT molecular complexity index is 1240. The summed E-state index contributed by atoms with van der Waals surface area (Å²) in [4.78, 5) is 9.96. The fourth-order valence-electron chi connectivity index (χ4n) is 3.51. The number of alkyl halides is 3. The molecule has 1 N–H and O–H groups in total. The molecular formula is C23H28F3N5O4S. The molecular weight excluding hydrogens is 499 g/mol. The van der Waals surface area contributed by atoms with Gasteiger partial charge in [0, 0.05) is 37.8 Å². The van der Waals surface area contributed by atoms with Crippen LogP contribution in [0.1, 0.15) is 44.6 Å². The molecule has 0 bridgehead atoms. The Morgan fingerprint density at radius 1 is 1.39 bits per heavy atom. The minimum Gasteiger partial charge on any atom is -0.468 e. The van der Waals surface area contributed by atoms with E-state index in [4.69, 9.17) is 4.52 Å². The van der Waals surface area contributed by atoms with Crippen molar-refractivity contribution in [2.24, 2.45) is 0 Å². The van der Waals surface area contributed by atoms with Gasteiger partial charge in [-0.1, -0.05) is 36.4 Å². The fourth-order valence-corrected chi connectivity index (χ4v) is 4.20. The molecule has 3 heterocycles. The molecule has 0 spiro atoms. The fraction of sp³-hybridized carbons (Fsp3) is 0.435. The Balaban J connectivity index is 1.59. The van der Waals surface area contributed by atoms with Crippen LogP contribution in [0.4, 0.5) is 19.2 Å². The number of anilines is 1. The summed E-state index contributed by atoms with van der Waals surface area (Å²) in [7, 11) is -3.94. The number of nitrogens with one attached hydrogen (secondary N) is 1. The second-order valence-corrected chi connectivity index (χ2v) is 10.0. The first kappa shape index (κ1) is 27.4. The van der Waals surface area contributed by atoms with Crippen molar-refractivity contribution in [2.75, 3.05) is 24.4 Å². The van der Waals surface area contributed by atoms with Gasteiger partial charge in [0.2, 0.25) is 5.88 Å². The van der Waals surface area contributed by atoms with Gasteiger partial charge in [0.1, 0.15) is 0 Å². The molecule has 0 saturated carbocycles. The van der Waals surface area contributed by atoms with Crippen molar-refractivity contribution in [3.63, 3.8) is 0 Å². The van der Waals surface area contributed by atoms with Crippen LogP contribution in [-0.2, 0) is 16.4 Å². The normalized spacial score (nSPS) is 16.4. The molecule has 2 aromatic rings. The van der Waals surface area contributed by atoms with E-state index in [9.17, 15) is 21.6 Å². The molecule has 0 unspecified atom stereocenters. The third-order valence-electron chi connectivity index (χ3n) is 5.65. The number of hydrogen-bond donors (Lipinski definition) is 1. The SMILES string of the molecule is C=C(/C=C\C1=C(C)CN([C@H](C)c2ccc(OCC(F)(F)F)nc2)CC1)S(=O)(=O)Nc1nc(CC)no1. The van der Waals surface area contributed by atoms with Gasteiger partial charge in [0.15, 0.2) is 12.4 Å². The molecule has 13 heteroatoms. The molecule has 9 nitrogen and oxygen atoms in total. The van der Waals surface area contributed by atoms with Crippen LogP contribution in [0.5, 0.6) is 5.88 Å². The van der Waals surface area contributed by atoms with Crippen molar-refractivity contribution in [3.05, 3.63) is 64.5 Å². The monoisotopic (exact) mass is 527 g/mol. The average Bonchev–Trinajstić information content (AvgIpc) is 3.28. The molecule has 0 radical (unpaired) electrons. The molecule has 2 aromatic heterocycles. The first-order valence-electron chi connectivity index (χ1n) is 11.2. The van der Waals surface area contributed by atoms with E-state index in [2.05, 4.69) is 36.1 Å². The summed E-state index contributed by atoms with van der Waals surface area (Å²) in [6.07, 6.45) is 1.45. The van der Waals surface area contributed by atoms with Gasteiger partial charge in [-0.05, 0) is 37.5 Å². The third kappa shape index (κ3) is 7.40. The highest BCUT2D eigenvalue weighted by molar-refractivity contribution is 7.96. The van der Waals surface area contributed by atoms with Crippen LogP contribution < -0.4 is 9.46 Å². The Morgan fingerprint density at radius 3 is 2.72 bits per heavy atom. The van der Waals surface area contributed by atoms with Crippen molar-refractivity contribution in [2.45, 2.75) is 45.8 Å². The number of hydrogen-bond acceptors (Lipinski definition) is 8. The number of pyridine rings is 1. The second-order valence-electron chi connectivity index (χ2n) is 8.31. The van der Waals surface area contributed by atoms with Crippen LogP contribution >= 0.6 is 0 Å². The molecule has 1 aliphatic heterocycles. The first-order valence-corrected chi connectivity index (χ1v) is 12.7. The van der Waals surface area contributed by atoms with Crippen LogP contribution in [0, 0.1) is 0 Å². The summed E-state index contributed by atoms with van der Waals surface area (Å²) in [6, 6.07) is 2.88. The maximum atomic E-state index is 12.5. The molecule has 0 aliphatic carbocycles. The summed E-state index contributed by atoms with van der Waals surface area (Å²) in [5.41, 5.74) is 2.90. The smallest absolute Gasteiger partial charge is 0.422 e. The summed E-state index contributed by atoms with van der Waals surface area (Å²) in [6.45, 7) is 9.35. The van der Waals surface area contributed by atoms with Crippen molar-refractivity contribution in [3.8, 4) is 5.88 Å². The zero-order chi connectivity index (χ0) is 26.5. The molecule has 196 valence electrons. The van der Waals surface area contributed by atoms with Crippen molar-refractivity contribution in [1.29, 1.82) is 0 Å². The predicted octanol–water partition coefficient (Wildman–Crippen LogP) is 4.56. The summed E-state index contributed by atoms with van der Waals surface area (Å²) < 4.78 is 73.6. The number of halogens is 3. The largest absolute Gasteiger partial charge is 0.468 e. The van der Waals surface area contributed by atoms with Gasteiger partial charge in [0.05, 0.1) is 4.91 Å². The number of aryl methyl sites for hydroxylation is 1. The van der Waals surface area contributed by atoms with E-state index in [0.29, 0.717) is 31.8 Å². The molecule has 1 aliphatic rings. The lowest BCUT2D eigenvalue weighted by atomic mass is 9.98. The molecule has 0 amide bonds. The lowest BCUT2D eigenvalue weighted by Gasteiger charge is -2.34. The highest BCUT2D eigenvalue weighted by Crippen LogP contribution is 2.28. The lowest BCUT2D eigenvalue weighted by molar-refractivity contribution is -0.154. The Labute approximate surface area is 207 Å². The second kappa shape index (κ2) is 11.2. The number of ether oxygens (including phenoxy) is 1. The Kier molecular flexibility index (Phi) is 8.56. The van der Waals surface area contributed by atoms with Gasteiger partial charge in [-0.15, -0.1) is 0 Å². The van der Waals surface area contributed by atoms with E-state index in [1.54, 1.807) is 12.1 Å². The zero-order valence-corrected chi connectivity index (χ0v) is 21.0. The summed E-state index contributed by atoms with van der Waals surface area (Å²) in [5, 5.41) is 3.65. The van der Waals surface area contributed by atoms with Gasteiger partial charge in [-0.25, -0.2) is 18.1 Å². The van der Waals surface area contributed by atoms with E-state index in [0.717, 1.165) is 16.7 Å². The van der Waals surface area contributed by atoms with E-state index in [-0.39, 0.29) is 22.8 Å². The summed E-state index contributed by atoms with van der Waals surface area (Å²) >= 11 is 0. The van der Waals surface area contributed by atoms with E-state index >= 15 is 0 Å². The maximum Gasteiger partial charge on any atom is 0.422 e. The molecule has 3 rings (SSSR count). The van der Waals surface area contributed by atoms with Crippen LogP contribution in [0.25, 0.3) is 0 Å². The Hall–Kier alpha value is -3.19. The topological polar surface area (TPSA) is 110 Å². The van der Waals surface area contributed by atoms with E-state index in [1.807, 2.05) is 20.8 Å². The molecule has 1 atom stereocenters. The summed E-state index contributed by atoms with van der Waals surface area (Å²) in [5.74, 6) is 0.303. The van der Waals surface area contributed by atoms with Gasteiger partial charge in [-0.3, -0.25) is 4.90 Å². The van der Waals surface area contributed by atoms with Crippen molar-refractivity contribution in [1.82, 2.24) is 20.0 Å². The van der Waals surface area contributed by atoms with Crippen molar-refractivity contribution < 1.29 is 30.8 Å². The number of rotatable bonds is 10. The average molecular weight is 528 g/mol. The molecule has 0 fully saturated rings. The standard InChI is InChI=1S/C23H28F3N5O4S/c1-5-20-28-22(35-29-20)30-36(32,33)16(3)6-7-18-10-11-31(13-15(18)2)17(4)19-8-9-21(27-12-19)34-14-23(24,25)26/h6-9,12,17H,3,5,10-11,13-14H2,1-2,4H3,(H,28,29,30)/b7-6-/t17-/m1/s1. The maximum absolute atomic E-state index is 12.5. The van der Waals surface area contributed by atoms with Gasteiger partial charge < -0.3 is 9.26 Å². The Morgan fingerprint density at radius 2 is 2.14 bits per heavy atom. The highest BCUT2D eigenvalue weighted by Gasteiger charge is 2.29. The number of aromatic nitrogens is 3. The van der Waals surface area contributed by atoms with Gasteiger partial charge >= 0.3 is 12.2 Å². The van der Waals surface area contributed by atoms with Gasteiger partial charge in [-0.2, -0.15) is 18.2 Å². The first-order chi connectivity index (χ1) is 16.9. The van der Waals surface area contributed by atoms with E-state index in [1.165, 1.54) is 18.3 Å². The van der Waals surface area contributed by atoms with Crippen LogP contribution in [-0.4, -0.2) is 54.3 Å². The highest BCUT2D eigenvalue weighted by atomic mass is 32.2. The number of sulfonamides is 1.